The van der Waals surface area contributed by atoms with Crippen LogP contribution in [-0.2, 0) is 4.79 Å². The number of likely N-dealkylation sites (tertiary alicyclic amines) is 1. The number of fused-ring (bicyclic) bond motifs is 1. The Kier molecular flexibility index (Phi) is 3.21. The maximum atomic E-state index is 12.7. The summed E-state index contributed by atoms with van der Waals surface area (Å²) >= 11 is 0. The largest absolute Gasteiger partial charge is 0.378 e. The number of aryl methyl sites for hydroxylation is 2. The van der Waals surface area contributed by atoms with Crippen molar-refractivity contribution in [3.8, 4) is 0 Å². The second-order valence-corrected chi connectivity index (χ2v) is 6.05. The van der Waals surface area contributed by atoms with Gasteiger partial charge in [-0.05, 0) is 31.5 Å². The minimum atomic E-state index is -1.62. The Balaban J connectivity index is 1.94. The third-order valence-corrected chi connectivity index (χ3v) is 4.42. The number of H-pyrrole nitrogens is 1. The molecular formula is C16H19N3O3. The molecule has 1 aromatic carbocycles. The smallest absolute Gasteiger partial charge is 0.270 e. The lowest BCUT2D eigenvalue weighted by atomic mass is 10.0. The quantitative estimate of drug-likeness (QED) is 0.766. The van der Waals surface area contributed by atoms with Gasteiger partial charge < -0.3 is 20.7 Å². The molecule has 1 aromatic heterocycles. The van der Waals surface area contributed by atoms with Crippen molar-refractivity contribution in [2.75, 3.05) is 13.1 Å². The zero-order valence-corrected chi connectivity index (χ0v) is 12.6. The average molecular weight is 301 g/mol. The van der Waals surface area contributed by atoms with E-state index < -0.39 is 11.5 Å². The molecule has 2 aromatic rings. The van der Waals surface area contributed by atoms with Gasteiger partial charge in [-0.2, -0.15) is 0 Å². The number of amides is 2. The van der Waals surface area contributed by atoms with Crippen molar-refractivity contribution in [1.82, 2.24) is 9.88 Å². The second kappa shape index (κ2) is 4.84. The van der Waals surface area contributed by atoms with Crippen LogP contribution in [0, 0.1) is 13.8 Å². The van der Waals surface area contributed by atoms with Gasteiger partial charge in [-0.1, -0.05) is 11.6 Å². The number of nitrogens with two attached hydrogens (primary N) is 1. The number of aliphatic hydroxyl groups is 1. The highest BCUT2D eigenvalue weighted by molar-refractivity contribution is 6.01. The molecule has 116 valence electrons. The highest BCUT2D eigenvalue weighted by Crippen LogP contribution is 2.27. The van der Waals surface area contributed by atoms with Crippen LogP contribution in [0.1, 0.15) is 28.0 Å². The molecule has 22 heavy (non-hydrogen) atoms. The molecule has 1 aliphatic heterocycles. The van der Waals surface area contributed by atoms with Crippen molar-refractivity contribution >= 4 is 22.7 Å². The summed E-state index contributed by atoms with van der Waals surface area (Å²) in [6.07, 6.45) is 0.173. The average Bonchev–Trinajstić information content (AvgIpc) is 3.01. The highest BCUT2D eigenvalue weighted by atomic mass is 16.3. The molecular weight excluding hydrogens is 282 g/mol. The van der Waals surface area contributed by atoms with Crippen LogP contribution in [0.5, 0.6) is 0 Å². The molecule has 2 heterocycles. The molecule has 1 aliphatic rings. The first-order valence-electron chi connectivity index (χ1n) is 7.22. The lowest BCUT2D eigenvalue weighted by molar-refractivity contribution is -0.134. The third-order valence-electron chi connectivity index (χ3n) is 4.42. The Hall–Kier alpha value is -2.34. The van der Waals surface area contributed by atoms with Crippen molar-refractivity contribution in [2.24, 2.45) is 5.73 Å². The molecule has 1 unspecified atom stereocenters. The number of hydrogen-bond donors (Lipinski definition) is 3. The van der Waals surface area contributed by atoms with Crippen LogP contribution in [0.4, 0.5) is 0 Å². The van der Waals surface area contributed by atoms with Crippen LogP contribution in [0.2, 0.25) is 0 Å². The zero-order valence-electron chi connectivity index (χ0n) is 12.6. The number of rotatable bonds is 2. The van der Waals surface area contributed by atoms with E-state index in [1.54, 1.807) is 0 Å². The SMILES string of the molecule is Cc1ccc2[nH]c(C(=O)N3CCC(O)(C(N)=O)C3)c(C)c2c1. The van der Waals surface area contributed by atoms with Gasteiger partial charge in [0.2, 0.25) is 0 Å². The fourth-order valence-electron chi connectivity index (χ4n) is 2.98. The van der Waals surface area contributed by atoms with Crippen molar-refractivity contribution in [3.05, 3.63) is 35.0 Å². The molecule has 1 saturated heterocycles. The molecule has 6 heteroatoms. The number of primary amides is 1. The van der Waals surface area contributed by atoms with Crippen LogP contribution < -0.4 is 5.73 Å². The van der Waals surface area contributed by atoms with Gasteiger partial charge in [0, 0.05) is 23.9 Å². The first kappa shape index (κ1) is 14.6. The Morgan fingerprint density at radius 2 is 2.09 bits per heavy atom. The van der Waals surface area contributed by atoms with Crippen molar-refractivity contribution in [2.45, 2.75) is 25.9 Å². The van der Waals surface area contributed by atoms with Gasteiger partial charge in [0.1, 0.15) is 5.69 Å². The molecule has 0 bridgehead atoms. The van der Waals surface area contributed by atoms with E-state index in [1.165, 1.54) is 4.90 Å². The highest BCUT2D eigenvalue weighted by Gasteiger charge is 2.43. The molecule has 0 radical (unpaired) electrons. The lowest BCUT2D eigenvalue weighted by Gasteiger charge is -2.19. The summed E-state index contributed by atoms with van der Waals surface area (Å²) in [6, 6.07) is 5.95. The minimum absolute atomic E-state index is 0.0605. The normalized spacial score (nSPS) is 21.5. The van der Waals surface area contributed by atoms with Crippen molar-refractivity contribution < 1.29 is 14.7 Å². The van der Waals surface area contributed by atoms with Gasteiger partial charge in [-0.3, -0.25) is 9.59 Å². The number of carbonyl (C=O) groups is 2. The van der Waals surface area contributed by atoms with Gasteiger partial charge in [-0.25, -0.2) is 0 Å². The molecule has 1 atom stereocenters. The van der Waals surface area contributed by atoms with E-state index in [1.807, 2.05) is 32.0 Å². The molecule has 0 saturated carbocycles. The molecule has 1 fully saturated rings. The molecule has 0 aliphatic carbocycles. The van der Waals surface area contributed by atoms with Gasteiger partial charge >= 0.3 is 0 Å². The molecule has 6 nitrogen and oxygen atoms in total. The Morgan fingerprint density at radius 3 is 2.73 bits per heavy atom. The van der Waals surface area contributed by atoms with Crippen LogP contribution >= 0.6 is 0 Å². The molecule has 2 amide bonds. The third kappa shape index (κ3) is 2.16. The van der Waals surface area contributed by atoms with E-state index in [-0.39, 0.29) is 18.9 Å². The molecule has 3 rings (SSSR count). The van der Waals surface area contributed by atoms with Crippen LogP contribution in [0.3, 0.4) is 0 Å². The monoisotopic (exact) mass is 301 g/mol. The lowest BCUT2D eigenvalue weighted by Crippen LogP contribution is -2.46. The van der Waals surface area contributed by atoms with Crippen LogP contribution in [-0.4, -0.2) is 45.5 Å². The zero-order chi connectivity index (χ0) is 16.1. The molecule has 0 spiro atoms. The Bertz CT molecular complexity index is 780. The predicted octanol–water partition coefficient (Wildman–Crippen LogP) is 0.847. The fourth-order valence-corrected chi connectivity index (χ4v) is 2.98. The van der Waals surface area contributed by atoms with E-state index in [0.717, 1.165) is 22.0 Å². The number of hydrogen-bond acceptors (Lipinski definition) is 3. The van der Waals surface area contributed by atoms with E-state index >= 15 is 0 Å². The number of nitrogens with zero attached hydrogens (tertiary/aromatic N) is 1. The van der Waals surface area contributed by atoms with Gasteiger partial charge in [0.15, 0.2) is 5.60 Å². The van der Waals surface area contributed by atoms with E-state index in [4.69, 9.17) is 5.73 Å². The van der Waals surface area contributed by atoms with Gasteiger partial charge in [0.05, 0.1) is 6.54 Å². The van der Waals surface area contributed by atoms with Crippen molar-refractivity contribution in [3.63, 3.8) is 0 Å². The first-order valence-corrected chi connectivity index (χ1v) is 7.22. The number of nitrogens with one attached hydrogen (secondary N) is 1. The van der Waals surface area contributed by atoms with Gasteiger partial charge in [-0.15, -0.1) is 0 Å². The number of carbonyl (C=O) groups excluding carboxylic acids is 2. The number of aromatic nitrogens is 1. The van der Waals surface area contributed by atoms with Crippen LogP contribution in [0.15, 0.2) is 18.2 Å². The van der Waals surface area contributed by atoms with E-state index in [0.29, 0.717) is 12.2 Å². The van der Waals surface area contributed by atoms with Crippen LogP contribution in [0.25, 0.3) is 10.9 Å². The Labute approximate surface area is 127 Å². The summed E-state index contributed by atoms with van der Waals surface area (Å²) in [6.45, 7) is 4.14. The summed E-state index contributed by atoms with van der Waals surface area (Å²) < 4.78 is 0. The molecule has 4 N–H and O–H groups in total. The maximum absolute atomic E-state index is 12.7. The summed E-state index contributed by atoms with van der Waals surface area (Å²) in [5, 5.41) is 11.1. The van der Waals surface area contributed by atoms with E-state index in [2.05, 4.69) is 4.98 Å². The summed E-state index contributed by atoms with van der Waals surface area (Å²) in [5.74, 6) is -1.00. The standard InChI is InChI=1S/C16H19N3O3/c1-9-3-4-12-11(7-9)10(2)13(18-12)14(20)19-6-5-16(22,8-19)15(17)21/h3-4,7,18,22H,5-6,8H2,1-2H3,(H2,17,21). The Morgan fingerprint density at radius 1 is 1.36 bits per heavy atom. The summed E-state index contributed by atoms with van der Waals surface area (Å²) in [5.41, 5.74) is 6.98. The predicted molar refractivity (Wildman–Crippen MR) is 82.4 cm³/mol. The summed E-state index contributed by atoms with van der Waals surface area (Å²) in [4.78, 5) is 28.6. The topological polar surface area (TPSA) is 99.4 Å². The minimum Gasteiger partial charge on any atom is -0.378 e. The fraction of sp³-hybridized carbons (Fsp3) is 0.375. The maximum Gasteiger partial charge on any atom is 0.270 e. The summed E-state index contributed by atoms with van der Waals surface area (Å²) in [7, 11) is 0. The number of β-amino-alcohol motifs (C(OH)–C–C–N with tert-alkyl or cyclic N) is 1. The van der Waals surface area contributed by atoms with Gasteiger partial charge in [0.25, 0.3) is 11.8 Å². The van der Waals surface area contributed by atoms with E-state index in [9.17, 15) is 14.7 Å². The number of benzene rings is 1. The number of aromatic amines is 1. The first-order chi connectivity index (χ1) is 10.3. The second-order valence-electron chi connectivity index (χ2n) is 6.05. The van der Waals surface area contributed by atoms with Crippen molar-refractivity contribution in [1.29, 1.82) is 0 Å².